The lowest BCUT2D eigenvalue weighted by atomic mass is 10.2. The normalized spacial score (nSPS) is 12.0. The molecule has 0 aromatic heterocycles. The minimum atomic E-state index is -0.920. The summed E-state index contributed by atoms with van der Waals surface area (Å²) in [6.07, 6.45) is -0.893. The molecule has 0 fully saturated rings. The minimum Gasteiger partial charge on any atom is -0.479 e. The number of nitrogens with two attached hydrogens (primary N) is 1. The Labute approximate surface area is 129 Å². The van der Waals surface area contributed by atoms with Crippen LogP contribution in [0.5, 0.6) is 5.75 Å². The molecule has 1 aromatic rings. The van der Waals surface area contributed by atoms with Gasteiger partial charge in [-0.3, -0.25) is 10.1 Å². The molecule has 3 amide bonds. The number of benzene rings is 1. The maximum atomic E-state index is 11.7. The Morgan fingerprint density at radius 3 is 2.57 bits per heavy atom. The van der Waals surface area contributed by atoms with Crippen molar-refractivity contribution >= 4 is 23.5 Å². The molecule has 0 radical (unpaired) electrons. The van der Waals surface area contributed by atoms with E-state index in [1.807, 2.05) is 25.2 Å². The lowest BCUT2D eigenvalue weighted by Gasteiger charge is -2.18. The standard InChI is InChI=1S/C14H20ClN3O3/c1-8(2)17-7-10-5-4-6-11(15)12(10)21-9(3)13(19)18-14(16)20/h4-6,8-9,17H,7H2,1-3H3,(H3,16,18,19,20). The van der Waals surface area contributed by atoms with E-state index < -0.39 is 18.0 Å². The topological polar surface area (TPSA) is 93.4 Å². The van der Waals surface area contributed by atoms with Crippen LogP contribution in [0.25, 0.3) is 0 Å². The van der Waals surface area contributed by atoms with Crippen LogP contribution in [0.1, 0.15) is 26.3 Å². The van der Waals surface area contributed by atoms with Gasteiger partial charge in [-0.2, -0.15) is 0 Å². The highest BCUT2D eigenvalue weighted by Gasteiger charge is 2.19. The molecule has 0 aliphatic carbocycles. The number of para-hydroxylation sites is 1. The molecule has 0 bridgehead atoms. The van der Waals surface area contributed by atoms with E-state index in [-0.39, 0.29) is 0 Å². The van der Waals surface area contributed by atoms with E-state index >= 15 is 0 Å². The molecule has 116 valence electrons. The lowest BCUT2D eigenvalue weighted by molar-refractivity contribution is -0.126. The Morgan fingerprint density at radius 2 is 2.00 bits per heavy atom. The fourth-order valence-corrected chi connectivity index (χ4v) is 1.83. The number of rotatable bonds is 6. The second kappa shape index (κ2) is 7.85. The van der Waals surface area contributed by atoms with Crippen molar-refractivity contribution in [1.82, 2.24) is 10.6 Å². The zero-order valence-electron chi connectivity index (χ0n) is 12.3. The van der Waals surface area contributed by atoms with Crippen LogP contribution in [0.15, 0.2) is 18.2 Å². The average Bonchev–Trinajstić information content (AvgIpc) is 2.38. The molecule has 4 N–H and O–H groups in total. The molecule has 1 aromatic carbocycles. The predicted octanol–water partition coefficient (Wildman–Crippen LogP) is 1.80. The van der Waals surface area contributed by atoms with Crippen LogP contribution in [-0.4, -0.2) is 24.1 Å². The number of carbonyl (C=O) groups is 2. The van der Waals surface area contributed by atoms with Crippen LogP contribution in [0.3, 0.4) is 0 Å². The summed E-state index contributed by atoms with van der Waals surface area (Å²) in [6, 6.07) is 4.72. The number of ether oxygens (including phenoxy) is 1. The molecule has 1 rings (SSSR count). The Morgan fingerprint density at radius 1 is 1.33 bits per heavy atom. The average molecular weight is 314 g/mol. The summed E-state index contributed by atoms with van der Waals surface area (Å²) in [6.45, 7) is 6.11. The van der Waals surface area contributed by atoms with Gasteiger partial charge in [0.25, 0.3) is 5.91 Å². The molecule has 0 saturated heterocycles. The first-order valence-electron chi connectivity index (χ1n) is 6.59. The number of primary amides is 1. The maximum Gasteiger partial charge on any atom is 0.318 e. The molecule has 0 saturated carbocycles. The molecule has 1 unspecified atom stereocenters. The Kier molecular flexibility index (Phi) is 6.45. The lowest BCUT2D eigenvalue weighted by Crippen LogP contribution is -2.42. The summed E-state index contributed by atoms with van der Waals surface area (Å²) in [5, 5.41) is 5.62. The Bertz CT molecular complexity index is 520. The first-order valence-corrected chi connectivity index (χ1v) is 6.96. The van der Waals surface area contributed by atoms with E-state index in [0.717, 1.165) is 5.56 Å². The van der Waals surface area contributed by atoms with Crippen molar-refractivity contribution in [2.24, 2.45) is 5.73 Å². The van der Waals surface area contributed by atoms with E-state index in [2.05, 4.69) is 5.32 Å². The Hall–Kier alpha value is -1.79. The number of hydrogen-bond acceptors (Lipinski definition) is 4. The van der Waals surface area contributed by atoms with Gasteiger partial charge in [0, 0.05) is 18.2 Å². The molecule has 0 aliphatic heterocycles. The number of imide groups is 1. The molecule has 6 nitrogen and oxygen atoms in total. The van der Waals surface area contributed by atoms with E-state index in [9.17, 15) is 9.59 Å². The number of carbonyl (C=O) groups excluding carboxylic acids is 2. The quantitative estimate of drug-likeness (QED) is 0.746. The van der Waals surface area contributed by atoms with Gasteiger partial charge in [-0.05, 0) is 13.0 Å². The van der Waals surface area contributed by atoms with Crippen molar-refractivity contribution in [3.8, 4) is 5.75 Å². The monoisotopic (exact) mass is 313 g/mol. The zero-order valence-corrected chi connectivity index (χ0v) is 13.0. The number of nitrogens with one attached hydrogen (secondary N) is 2. The van der Waals surface area contributed by atoms with E-state index in [4.69, 9.17) is 22.1 Å². The number of amides is 3. The second-order valence-electron chi connectivity index (χ2n) is 4.88. The van der Waals surface area contributed by atoms with Gasteiger partial charge in [0.05, 0.1) is 5.02 Å². The second-order valence-corrected chi connectivity index (χ2v) is 5.28. The van der Waals surface area contributed by atoms with Crippen molar-refractivity contribution in [3.05, 3.63) is 28.8 Å². The summed E-state index contributed by atoms with van der Waals surface area (Å²) in [5.74, 6) is -0.204. The maximum absolute atomic E-state index is 11.7. The van der Waals surface area contributed by atoms with Gasteiger partial charge >= 0.3 is 6.03 Å². The van der Waals surface area contributed by atoms with Gasteiger partial charge in [0.2, 0.25) is 0 Å². The third kappa shape index (κ3) is 5.61. The summed E-state index contributed by atoms with van der Waals surface area (Å²) >= 11 is 6.12. The zero-order chi connectivity index (χ0) is 16.0. The first kappa shape index (κ1) is 17.3. The smallest absolute Gasteiger partial charge is 0.318 e. The molecular weight excluding hydrogens is 294 g/mol. The van der Waals surface area contributed by atoms with Crippen LogP contribution in [0, 0.1) is 0 Å². The van der Waals surface area contributed by atoms with Gasteiger partial charge in [-0.25, -0.2) is 4.79 Å². The van der Waals surface area contributed by atoms with Crippen molar-refractivity contribution in [2.75, 3.05) is 0 Å². The van der Waals surface area contributed by atoms with Crippen LogP contribution < -0.4 is 21.1 Å². The van der Waals surface area contributed by atoms with Gasteiger partial charge in [-0.1, -0.05) is 37.6 Å². The number of urea groups is 1. The molecule has 0 heterocycles. The van der Waals surface area contributed by atoms with Gasteiger partial charge < -0.3 is 15.8 Å². The fourth-order valence-electron chi connectivity index (χ4n) is 1.59. The fraction of sp³-hybridized carbons (Fsp3) is 0.429. The van der Waals surface area contributed by atoms with Gasteiger partial charge in [-0.15, -0.1) is 0 Å². The van der Waals surface area contributed by atoms with Crippen molar-refractivity contribution in [3.63, 3.8) is 0 Å². The van der Waals surface area contributed by atoms with Crippen molar-refractivity contribution in [1.29, 1.82) is 0 Å². The highest BCUT2D eigenvalue weighted by molar-refractivity contribution is 6.32. The first-order chi connectivity index (χ1) is 9.81. The molecule has 0 aliphatic rings. The van der Waals surface area contributed by atoms with Gasteiger partial charge in [0.1, 0.15) is 5.75 Å². The minimum absolute atomic E-state index is 0.299. The summed E-state index contributed by atoms with van der Waals surface area (Å²) in [5.41, 5.74) is 5.73. The van der Waals surface area contributed by atoms with E-state index in [1.165, 1.54) is 6.92 Å². The third-order valence-corrected chi connectivity index (χ3v) is 2.96. The van der Waals surface area contributed by atoms with Gasteiger partial charge in [0.15, 0.2) is 6.10 Å². The van der Waals surface area contributed by atoms with Crippen molar-refractivity contribution in [2.45, 2.75) is 39.5 Å². The SMILES string of the molecule is CC(C)NCc1cccc(Cl)c1OC(C)C(=O)NC(N)=O. The highest BCUT2D eigenvalue weighted by Crippen LogP contribution is 2.29. The van der Waals surface area contributed by atoms with E-state index in [0.29, 0.717) is 23.4 Å². The summed E-state index contributed by atoms with van der Waals surface area (Å²) < 4.78 is 5.58. The van der Waals surface area contributed by atoms with E-state index in [1.54, 1.807) is 12.1 Å². The summed E-state index contributed by atoms with van der Waals surface area (Å²) in [4.78, 5) is 22.3. The highest BCUT2D eigenvalue weighted by atomic mass is 35.5. The molecule has 1 atom stereocenters. The largest absolute Gasteiger partial charge is 0.479 e. The third-order valence-electron chi connectivity index (χ3n) is 2.66. The summed E-state index contributed by atoms with van der Waals surface area (Å²) in [7, 11) is 0. The molecule has 0 spiro atoms. The predicted molar refractivity (Wildman–Crippen MR) is 81.2 cm³/mol. The van der Waals surface area contributed by atoms with Crippen LogP contribution >= 0.6 is 11.6 Å². The van der Waals surface area contributed by atoms with Crippen LogP contribution in [0.2, 0.25) is 5.02 Å². The van der Waals surface area contributed by atoms with Crippen LogP contribution in [-0.2, 0) is 11.3 Å². The molecule has 7 heteroatoms. The number of hydrogen-bond donors (Lipinski definition) is 3. The molecular formula is C14H20ClN3O3. The van der Waals surface area contributed by atoms with Crippen molar-refractivity contribution < 1.29 is 14.3 Å². The van der Waals surface area contributed by atoms with Crippen LogP contribution in [0.4, 0.5) is 4.79 Å². The Balaban J connectivity index is 2.85. The number of halogens is 1. The molecule has 21 heavy (non-hydrogen) atoms.